The Kier molecular flexibility index (Phi) is 3.19. The second kappa shape index (κ2) is 4.39. The lowest BCUT2D eigenvalue weighted by Crippen LogP contribution is -2.09. The van der Waals surface area contributed by atoms with Gasteiger partial charge in [-0.15, -0.1) is 0 Å². The van der Waals surface area contributed by atoms with Crippen LogP contribution in [-0.2, 0) is 0 Å². The lowest BCUT2D eigenvalue weighted by atomic mass is 10.3. The van der Waals surface area contributed by atoms with E-state index < -0.39 is 5.97 Å². The van der Waals surface area contributed by atoms with Crippen LogP contribution in [0.1, 0.15) is 23.7 Å². The number of carbonyl (C=O) groups is 1. The van der Waals surface area contributed by atoms with Crippen molar-refractivity contribution in [1.29, 1.82) is 0 Å². The number of carboxylic acids is 1. The first-order valence-corrected chi connectivity index (χ1v) is 4.03. The maximum Gasteiger partial charge on any atom is 0.341 e. The van der Waals surface area contributed by atoms with E-state index in [1.165, 1.54) is 12.5 Å². The van der Waals surface area contributed by atoms with Gasteiger partial charge in [0.2, 0.25) is 0 Å². The summed E-state index contributed by atoms with van der Waals surface area (Å²) in [6, 6.07) is 0. The van der Waals surface area contributed by atoms with Crippen molar-refractivity contribution >= 4 is 11.8 Å². The molecule has 1 aromatic rings. The number of aromatic carboxylic acids is 1. The number of nitrogens with one attached hydrogen (secondary N) is 1. The van der Waals surface area contributed by atoms with Crippen LogP contribution in [0.2, 0.25) is 0 Å². The van der Waals surface area contributed by atoms with Crippen LogP contribution >= 0.6 is 0 Å². The first kappa shape index (κ1) is 9.44. The van der Waals surface area contributed by atoms with E-state index in [1.54, 1.807) is 0 Å². The molecule has 5 nitrogen and oxygen atoms in total. The summed E-state index contributed by atoms with van der Waals surface area (Å²) in [7, 11) is 0. The maximum atomic E-state index is 10.7. The first-order valence-electron chi connectivity index (χ1n) is 4.03. The van der Waals surface area contributed by atoms with Gasteiger partial charge in [0.25, 0.3) is 0 Å². The Morgan fingerprint density at radius 3 is 3.08 bits per heavy atom. The Morgan fingerprint density at radius 1 is 1.69 bits per heavy atom. The second-order valence-electron chi connectivity index (χ2n) is 2.52. The van der Waals surface area contributed by atoms with Crippen LogP contribution in [0.5, 0.6) is 0 Å². The minimum absolute atomic E-state index is 0.107. The zero-order chi connectivity index (χ0) is 9.68. The van der Waals surface area contributed by atoms with Crippen LogP contribution in [0.25, 0.3) is 0 Å². The van der Waals surface area contributed by atoms with Crippen LogP contribution in [0.4, 0.5) is 5.82 Å². The van der Waals surface area contributed by atoms with Crippen molar-refractivity contribution in [3.63, 3.8) is 0 Å². The summed E-state index contributed by atoms with van der Waals surface area (Å²) in [5.74, 6) is -0.636. The van der Waals surface area contributed by atoms with Gasteiger partial charge in [0.05, 0.1) is 0 Å². The monoisotopic (exact) mass is 181 g/mol. The molecule has 1 aromatic heterocycles. The Bertz CT molecular complexity index is 301. The molecule has 13 heavy (non-hydrogen) atoms. The number of hydrogen-bond donors (Lipinski definition) is 2. The Balaban J connectivity index is 2.84. The van der Waals surface area contributed by atoms with Crippen LogP contribution in [0, 0.1) is 0 Å². The molecule has 0 aliphatic carbocycles. The van der Waals surface area contributed by atoms with Crippen LogP contribution in [0.15, 0.2) is 12.5 Å². The zero-order valence-corrected chi connectivity index (χ0v) is 7.32. The molecule has 1 rings (SSSR count). The molecule has 0 bridgehead atoms. The highest BCUT2D eigenvalue weighted by Crippen LogP contribution is 2.08. The smallest absolute Gasteiger partial charge is 0.341 e. The normalized spacial score (nSPS) is 9.62. The lowest BCUT2D eigenvalue weighted by Gasteiger charge is -2.05. The highest BCUT2D eigenvalue weighted by Gasteiger charge is 2.09. The molecule has 70 valence electrons. The van der Waals surface area contributed by atoms with E-state index in [4.69, 9.17) is 5.11 Å². The molecule has 0 saturated carbocycles. The summed E-state index contributed by atoms with van der Waals surface area (Å²) in [6.45, 7) is 2.70. The SMILES string of the molecule is CCCNc1ncncc1C(=O)O. The fraction of sp³-hybridized carbons (Fsp3) is 0.375. The molecule has 0 fully saturated rings. The number of carboxylic acid groups (broad SMARTS) is 1. The molecule has 5 heteroatoms. The van der Waals surface area contributed by atoms with E-state index >= 15 is 0 Å². The average molecular weight is 181 g/mol. The minimum Gasteiger partial charge on any atom is -0.477 e. The van der Waals surface area contributed by atoms with Crippen molar-refractivity contribution in [2.75, 3.05) is 11.9 Å². The molecule has 2 N–H and O–H groups in total. The molecular formula is C8H11N3O2. The molecule has 0 aromatic carbocycles. The van der Waals surface area contributed by atoms with Gasteiger partial charge in [-0.25, -0.2) is 14.8 Å². The summed E-state index contributed by atoms with van der Waals surface area (Å²) in [4.78, 5) is 18.1. The van der Waals surface area contributed by atoms with Crippen molar-refractivity contribution in [1.82, 2.24) is 9.97 Å². The number of rotatable bonds is 4. The van der Waals surface area contributed by atoms with Crippen molar-refractivity contribution in [2.24, 2.45) is 0 Å². The molecule has 0 atom stereocenters. The molecular weight excluding hydrogens is 170 g/mol. The quantitative estimate of drug-likeness (QED) is 0.724. The van der Waals surface area contributed by atoms with Gasteiger partial charge >= 0.3 is 5.97 Å². The van der Waals surface area contributed by atoms with E-state index in [1.807, 2.05) is 6.92 Å². The molecule has 0 aliphatic rings. The van der Waals surface area contributed by atoms with E-state index in [2.05, 4.69) is 15.3 Å². The Morgan fingerprint density at radius 2 is 2.46 bits per heavy atom. The summed E-state index contributed by atoms with van der Waals surface area (Å²) < 4.78 is 0. The summed E-state index contributed by atoms with van der Waals surface area (Å²) in [5.41, 5.74) is 0.107. The summed E-state index contributed by atoms with van der Waals surface area (Å²) in [5, 5.41) is 11.7. The second-order valence-corrected chi connectivity index (χ2v) is 2.52. The van der Waals surface area contributed by atoms with Gasteiger partial charge in [-0.05, 0) is 6.42 Å². The molecule has 0 unspecified atom stereocenters. The summed E-state index contributed by atoms with van der Waals surface area (Å²) in [6.07, 6.45) is 3.53. The van der Waals surface area contributed by atoms with Gasteiger partial charge in [0.1, 0.15) is 17.7 Å². The molecule has 0 saturated heterocycles. The number of nitrogens with zero attached hydrogens (tertiary/aromatic N) is 2. The third-order valence-electron chi connectivity index (χ3n) is 1.49. The third kappa shape index (κ3) is 2.40. The zero-order valence-electron chi connectivity index (χ0n) is 7.32. The largest absolute Gasteiger partial charge is 0.477 e. The predicted molar refractivity (Wildman–Crippen MR) is 47.8 cm³/mol. The molecule has 0 spiro atoms. The average Bonchev–Trinajstić information content (AvgIpc) is 2.15. The fourth-order valence-electron chi connectivity index (χ4n) is 0.870. The standard InChI is InChI=1S/C8H11N3O2/c1-2-3-10-7-6(8(12)13)4-9-5-11-7/h4-5H,2-3H2,1H3,(H,12,13)(H,9,10,11). The first-order chi connectivity index (χ1) is 6.25. The van der Waals surface area contributed by atoms with Crippen LogP contribution in [0.3, 0.4) is 0 Å². The van der Waals surface area contributed by atoms with Crippen molar-refractivity contribution in [3.8, 4) is 0 Å². The topological polar surface area (TPSA) is 75.1 Å². The van der Waals surface area contributed by atoms with Crippen molar-refractivity contribution < 1.29 is 9.90 Å². The van der Waals surface area contributed by atoms with Gasteiger partial charge in [0.15, 0.2) is 0 Å². The predicted octanol–water partition coefficient (Wildman–Crippen LogP) is 0.997. The van der Waals surface area contributed by atoms with Crippen LogP contribution in [-0.4, -0.2) is 27.6 Å². The fourth-order valence-corrected chi connectivity index (χ4v) is 0.870. The Hall–Kier alpha value is -1.65. The maximum absolute atomic E-state index is 10.7. The van der Waals surface area contributed by atoms with Crippen molar-refractivity contribution in [3.05, 3.63) is 18.1 Å². The highest BCUT2D eigenvalue weighted by molar-refractivity contribution is 5.92. The van der Waals surface area contributed by atoms with Gasteiger partial charge < -0.3 is 10.4 Å². The highest BCUT2D eigenvalue weighted by atomic mass is 16.4. The van der Waals surface area contributed by atoms with E-state index in [9.17, 15) is 4.79 Å². The lowest BCUT2D eigenvalue weighted by molar-refractivity contribution is 0.0697. The third-order valence-corrected chi connectivity index (χ3v) is 1.49. The Labute approximate surface area is 75.8 Å². The number of hydrogen-bond acceptors (Lipinski definition) is 4. The number of anilines is 1. The van der Waals surface area contributed by atoms with Gasteiger partial charge in [0, 0.05) is 12.7 Å². The van der Waals surface area contributed by atoms with Gasteiger partial charge in [-0.3, -0.25) is 0 Å². The summed E-state index contributed by atoms with van der Waals surface area (Å²) >= 11 is 0. The van der Waals surface area contributed by atoms with Gasteiger partial charge in [-0.1, -0.05) is 6.92 Å². The molecule has 0 radical (unpaired) electrons. The molecule has 0 amide bonds. The van der Waals surface area contributed by atoms with E-state index in [0.717, 1.165) is 6.42 Å². The van der Waals surface area contributed by atoms with E-state index in [-0.39, 0.29) is 5.56 Å². The number of aromatic nitrogens is 2. The van der Waals surface area contributed by atoms with Crippen LogP contribution < -0.4 is 5.32 Å². The minimum atomic E-state index is -1.01. The van der Waals surface area contributed by atoms with E-state index in [0.29, 0.717) is 12.4 Å². The van der Waals surface area contributed by atoms with Gasteiger partial charge in [-0.2, -0.15) is 0 Å². The van der Waals surface area contributed by atoms with Crippen molar-refractivity contribution in [2.45, 2.75) is 13.3 Å². The molecule has 1 heterocycles. The molecule has 0 aliphatic heterocycles.